The first-order valence-electron chi connectivity index (χ1n) is 9.55. The van der Waals surface area contributed by atoms with Gasteiger partial charge < -0.3 is 20.5 Å². The van der Waals surface area contributed by atoms with Gasteiger partial charge in [-0.1, -0.05) is 18.6 Å². The standard InChI is InChI=1S/C22H27FN2O3.ClH/c1-27-17-7-3-5-14(11-17)21(19-12-16(23)9-10-20(19)28-2)25-22(26)18-8-4-6-15(18)13-24;/h3,5,7,9-12,15,18,21H,4,6,8,13,24H2,1-2H3,(H,25,26);1H/t15-,18-,21?;/m1./s1. The van der Waals surface area contributed by atoms with Gasteiger partial charge in [-0.25, -0.2) is 4.39 Å². The van der Waals surface area contributed by atoms with E-state index in [-0.39, 0.29) is 30.2 Å². The van der Waals surface area contributed by atoms with Crippen LogP contribution < -0.4 is 20.5 Å². The quantitative estimate of drug-likeness (QED) is 0.710. The average Bonchev–Trinajstić information content (AvgIpc) is 3.21. The Balaban J connectivity index is 0.00000300. The molecule has 1 saturated carbocycles. The minimum atomic E-state index is -0.563. The van der Waals surface area contributed by atoms with E-state index in [1.165, 1.54) is 19.2 Å². The summed E-state index contributed by atoms with van der Waals surface area (Å²) in [6.45, 7) is 0.491. The van der Waals surface area contributed by atoms with E-state index in [0.717, 1.165) is 24.8 Å². The second-order valence-corrected chi connectivity index (χ2v) is 7.14. The smallest absolute Gasteiger partial charge is 0.224 e. The summed E-state index contributed by atoms with van der Waals surface area (Å²) in [5, 5.41) is 3.11. The molecule has 7 heteroatoms. The highest BCUT2D eigenvalue weighted by molar-refractivity contribution is 5.85. The Hall–Kier alpha value is -2.31. The second kappa shape index (κ2) is 10.5. The molecule has 2 aromatic rings. The van der Waals surface area contributed by atoms with E-state index < -0.39 is 11.9 Å². The van der Waals surface area contributed by atoms with Gasteiger partial charge in [-0.05, 0) is 61.2 Å². The van der Waals surface area contributed by atoms with Gasteiger partial charge in [0.1, 0.15) is 17.3 Å². The zero-order valence-corrected chi connectivity index (χ0v) is 17.5. The van der Waals surface area contributed by atoms with E-state index in [0.29, 0.717) is 23.6 Å². The topological polar surface area (TPSA) is 73.6 Å². The predicted molar refractivity (Wildman–Crippen MR) is 113 cm³/mol. The van der Waals surface area contributed by atoms with Crippen LogP contribution in [0, 0.1) is 17.7 Å². The van der Waals surface area contributed by atoms with E-state index in [4.69, 9.17) is 15.2 Å². The van der Waals surface area contributed by atoms with Crippen molar-refractivity contribution in [2.75, 3.05) is 20.8 Å². The molecule has 3 atom stereocenters. The summed E-state index contributed by atoms with van der Waals surface area (Å²) >= 11 is 0. The summed E-state index contributed by atoms with van der Waals surface area (Å²) in [7, 11) is 3.11. The second-order valence-electron chi connectivity index (χ2n) is 7.14. The molecule has 0 saturated heterocycles. The Morgan fingerprint density at radius 3 is 2.69 bits per heavy atom. The zero-order valence-electron chi connectivity index (χ0n) is 16.7. The minimum absolute atomic E-state index is 0. The van der Waals surface area contributed by atoms with E-state index >= 15 is 0 Å². The Bertz CT molecular complexity index is 833. The molecule has 3 rings (SSSR count). The van der Waals surface area contributed by atoms with Crippen LogP contribution in [0.3, 0.4) is 0 Å². The van der Waals surface area contributed by atoms with Crippen molar-refractivity contribution in [3.8, 4) is 11.5 Å². The number of amides is 1. The Kier molecular flexibility index (Phi) is 8.29. The van der Waals surface area contributed by atoms with Crippen LogP contribution in [-0.2, 0) is 4.79 Å². The summed E-state index contributed by atoms with van der Waals surface area (Å²) in [5.41, 5.74) is 7.20. The van der Waals surface area contributed by atoms with E-state index in [9.17, 15) is 9.18 Å². The third-order valence-electron chi connectivity index (χ3n) is 5.52. The van der Waals surface area contributed by atoms with Gasteiger partial charge in [0.2, 0.25) is 5.91 Å². The van der Waals surface area contributed by atoms with Crippen LogP contribution >= 0.6 is 12.4 Å². The number of nitrogens with one attached hydrogen (secondary N) is 1. The van der Waals surface area contributed by atoms with Crippen LogP contribution in [0.25, 0.3) is 0 Å². The third kappa shape index (κ3) is 5.19. The van der Waals surface area contributed by atoms with Crippen molar-refractivity contribution in [3.63, 3.8) is 0 Å². The molecule has 29 heavy (non-hydrogen) atoms. The Morgan fingerprint density at radius 1 is 1.21 bits per heavy atom. The molecule has 0 aliphatic heterocycles. The predicted octanol–water partition coefficient (Wildman–Crippen LogP) is 3.85. The fourth-order valence-electron chi connectivity index (χ4n) is 4.01. The number of benzene rings is 2. The number of carbonyl (C=O) groups excluding carboxylic acids is 1. The molecule has 1 amide bonds. The fourth-order valence-corrected chi connectivity index (χ4v) is 4.01. The van der Waals surface area contributed by atoms with E-state index in [2.05, 4.69) is 5.32 Å². The summed E-state index contributed by atoms with van der Waals surface area (Å²) in [4.78, 5) is 13.1. The molecule has 158 valence electrons. The maximum Gasteiger partial charge on any atom is 0.224 e. The molecule has 1 aliphatic rings. The van der Waals surface area contributed by atoms with Gasteiger partial charge in [0, 0.05) is 11.5 Å². The van der Waals surface area contributed by atoms with Gasteiger partial charge in [-0.2, -0.15) is 0 Å². The molecule has 1 fully saturated rings. The molecule has 1 aliphatic carbocycles. The van der Waals surface area contributed by atoms with Gasteiger partial charge >= 0.3 is 0 Å². The van der Waals surface area contributed by atoms with Gasteiger partial charge in [0.05, 0.1) is 20.3 Å². The first-order valence-corrected chi connectivity index (χ1v) is 9.55. The molecule has 0 heterocycles. The van der Waals surface area contributed by atoms with Gasteiger partial charge in [0.25, 0.3) is 0 Å². The van der Waals surface area contributed by atoms with E-state index in [1.807, 2.05) is 24.3 Å². The van der Waals surface area contributed by atoms with E-state index in [1.54, 1.807) is 13.2 Å². The Morgan fingerprint density at radius 2 is 2.00 bits per heavy atom. The van der Waals surface area contributed by atoms with Crippen molar-refractivity contribution in [2.45, 2.75) is 25.3 Å². The number of ether oxygens (including phenoxy) is 2. The van der Waals surface area contributed by atoms with Gasteiger partial charge in [-0.15, -0.1) is 12.4 Å². The number of methoxy groups -OCH3 is 2. The lowest BCUT2D eigenvalue weighted by Crippen LogP contribution is -2.37. The highest BCUT2D eigenvalue weighted by atomic mass is 35.5. The number of halogens is 2. The summed E-state index contributed by atoms with van der Waals surface area (Å²) in [6, 6.07) is 11.1. The van der Waals surface area contributed by atoms with Crippen molar-refractivity contribution >= 4 is 18.3 Å². The first-order chi connectivity index (χ1) is 13.6. The fraction of sp³-hybridized carbons (Fsp3) is 0.409. The molecule has 1 unspecified atom stereocenters. The first kappa shape index (κ1) is 23.0. The van der Waals surface area contributed by atoms with Gasteiger partial charge in [-0.3, -0.25) is 4.79 Å². The maximum absolute atomic E-state index is 14.1. The van der Waals surface area contributed by atoms with Crippen molar-refractivity contribution < 1.29 is 18.7 Å². The third-order valence-corrected chi connectivity index (χ3v) is 5.52. The molecule has 3 N–H and O–H groups in total. The maximum atomic E-state index is 14.1. The van der Waals surface area contributed by atoms with Crippen molar-refractivity contribution in [2.24, 2.45) is 17.6 Å². The molecule has 5 nitrogen and oxygen atoms in total. The molecular formula is C22H28ClFN2O3. The summed E-state index contributed by atoms with van der Waals surface area (Å²) < 4.78 is 24.8. The summed E-state index contributed by atoms with van der Waals surface area (Å²) in [5.74, 6) is 0.771. The summed E-state index contributed by atoms with van der Waals surface area (Å²) in [6.07, 6.45) is 2.77. The Labute approximate surface area is 177 Å². The van der Waals surface area contributed by atoms with Crippen molar-refractivity contribution in [3.05, 3.63) is 59.4 Å². The van der Waals surface area contributed by atoms with Crippen LogP contribution in [0.5, 0.6) is 11.5 Å². The van der Waals surface area contributed by atoms with Gasteiger partial charge in [0.15, 0.2) is 0 Å². The highest BCUT2D eigenvalue weighted by Gasteiger charge is 2.34. The molecular weight excluding hydrogens is 395 g/mol. The molecule has 0 aromatic heterocycles. The zero-order chi connectivity index (χ0) is 20.1. The lowest BCUT2D eigenvalue weighted by atomic mass is 9.92. The van der Waals surface area contributed by atoms with Crippen LogP contribution in [0.1, 0.15) is 36.4 Å². The van der Waals surface area contributed by atoms with Crippen molar-refractivity contribution in [1.82, 2.24) is 5.32 Å². The van der Waals surface area contributed by atoms with Crippen LogP contribution in [0.4, 0.5) is 4.39 Å². The monoisotopic (exact) mass is 422 g/mol. The largest absolute Gasteiger partial charge is 0.497 e. The number of hydrogen-bond donors (Lipinski definition) is 2. The molecule has 2 aromatic carbocycles. The SMILES string of the molecule is COc1cccc(C(NC(=O)[C@@H]2CCC[C@@H]2CN)c2cc(F)ccc2OC)c1.Cl. The average molecular weight is 423 g/mol. The number of rotatable bonds is 7. The van der Waals surface area contributed by atoms with Crippen LogP contribution in [0.15, 0.2) is 42.5 Å². The molecule has 0 spiro atoms. The normalized spacial score (nSPS) is 19.2. The number of nitrogens with two attached hydrogens (primary N) is 1. The minimum Gasteiger partial charge on any atom is -0.497 e. The lowest BCUT2D eigenvalue weighted by Gasteiger charge is -2.25. The molecule has 0 radical (unpaired) electrons. The van der Waals surface area contributed by atoms with Crippen LogP contribution in [0.2, 0.25) is 0 Å². The van der Waals surface area contributed by atoms with Crippen LogP contribution in [-0.4, -0.2) is 26.7 Å². The number of carbonyl (C=O) groups is 1. The highest BCUT2D eigenvalue weighted by Crippen LogP contribution is 2.35. The van der Waals surface area contributed by atoms with Crippen molar-refractivity contribution in [1.29, 1.82) is 0 Å². The number of hydrogen-bond acceptors (Lipinski definition) is 4. The lowest BCUT2D eigenvalue weighted by molar-refractivity contribution is -0.126. The molecule has 0 bridgehead atoms.